The van der Waals surface area contributed by atoms with Gasteiger partial charge in [-0.25, -0.2) is 29.8 Å². The maximum Gasteiger partial charge on any atom is 0.326 e. The largest absolute Gasteiger partial charge is 0.480 e. The van der Waals surface area contributed by atoms with Crippen LogP contribution in [0.2, 0.25) is 0 Å². The molecule has 0 spiro atoms. The second kappa shape index (κ2) is 11.1. The van der Waals surface area contributed by atoms with Gasteiger partial charge in [0, 0.05) is 13.1 Å². The van der Waals surface area contributed by atoms with Crippen LogP contribution in [-0.2, 0) is 9.59 Å². The van der Waals surface area contributed by atoms with Crippen molar-refractivity contribution in [2.75, 3.05) is 13.1 Å². The van der Waals surface area contributed by atoms with Gasteiger partial charge >= 0.3 is 11.9 Å². The van der Waals surface area contributed by atoms with Crippen molar-refractivity contribution in [1.29, 1.82) is 0 Å². The van der Waals surface area contributed by atoms with E-state index in [0.29, 0.717) is 38.8 Å². The Hall–Kier alpha value is -3.72. The molecule has 2 atom stereocenters. The number of hydrogen-bond acceptors (Lipinski definition) is 6. The molecule has 0 amide bonds. The van der Waals surface area contributed by atoms with Crippen molar-refractivity contribution >= 4 is 23.9 Å². The predicted octanol–water partition coefficient (Wildman–Crippen LogP) is -2.08. The normalized spacial score (nSPS) is 24.6. The second-order valence-electron chi connectivity index (χ2n) is 5.58. The highest BCUT2D eigenvalue weighted by Crippen LogP contribution is 2.01. The standard InChI is InChI=1S/2C6H10N4O4/c2*11-5(12)4-2-1-3-7-6(8-4)9-10(13)14/h2*4H,1-3H2,(H,11,12)(H2,7,8,9)/t2*4-/m00/s1. The Morgan fingerprint density at radius 1 is 0.857 bits per heavy atom. The van der Waals surface area contributed by atoms with Crippen LogP contribution in [0.4, 0.5) is 0 Å². The summed E-state index contributed by atoms with van der Waals surface area (Å²) < 4.78 is 0. The smallest absolute Gasteiger partial charge is 0.326 e. The van der Waals surface area contributed by atoms with Gasteiger partial charge in [-0.2, -0.15) is 0 Å². The van der Waals surface area contributed by atoms with Gasteiger partial charge in [-0.3, -0.25) is 0 Å². The van der Waals surface area contributed by atoms with E-state index < -0.39 is 34.1 Å². The molecule has 6 N–H and O–H groups in total. The lowest BCUT2D eigenvalue weighted by Crippen LogP contribution is -2.44. The summed E-state index contributed by atoms with van der Waals surface area (Å²) in [5.41, 5.74) is 0. The summed E-state index contributed by atoms with van der Waals surface area (Å²) in [7, 11) is 0. The van der Waals surface area contributed by atoms with E-state index in [9.17, 15) is 29.8 Å². The van der Waals surface area contributed by atoms with E-state index in [0.717, 1.165) is 0 Å². The molecule has 2 saturated heterocycles. The third-order valence-corrected chi connectivity index (χ3v) is 3.51. The van der Waals surface area contributed by atoms with E-state index in [1.165, 1.54) is 0 Å². The molecule has 0 unspecified atom stereocenters. The average Bonchev–Trinajstić information content (AvgIpc) is 2.95. The highest BCUT2D eigenvalue weighted by Gasteiger charge is 2.23. The molecule has 2 aliphatic rings. The maximum atomic E-state index is 10.6. The van der Waals surface area contributed by atoms with Gasteiger partial charge < -0.3 is 31.5 Å². The molecule has 0 aromatic rings. The molecule has 0 aromatic carbocycles. The number of nitrogens with one attached hydrogen (secondary N) is 4. The molecule has 2 aliphatic heterocycles. The van der Waals surface area contributed by atoms with E-state index in [1.807, 2.05) is 0 Å². The molecule has 0 saturated carbocycles. The topological polar surface area (TPSA) is 234 Å². The lowest BCUT2D eigenvalue weighted by molar-refractivity contribution is -0.485. The van der Waals surface area contributed by atoms with Gasteiger partial charge in [0.1, 0.15) is 22.3 Å². The number of nitro groups is 2. The minimum Gasteiger partial charge on any atom is -0.480 e. The third-order valence-electron chi connectivity index (χ3n) is 3.51. The first kappa shape index (κ1) is 22.3. The Morgan fingerprint density at radius 2 is 1.21 bits per heavy atom. The molecule has 156 valence electrons. The van der Waals surface area contributed by atoms with E-state index in [-0.39, 0.29) is 11.9 Å². The Kier molecular flexibility index (Phi) is 8.84. The molecular weight excluding hydrogens is 384 g/mol. The zero-order valence-electron chi connectivity index (χ0n) is 14.5. The van der Waals surface area contributed by atoms with Crippen LogP contribution < -0.4 is 21.3 Å². The van der Waals surface area contributed by atoms with Crippen molar-refractivity contribution in [3.63, 3.8) is 0 Å². The van der Waals surface area contributed by atoms with E-state index in [2.05, 4.69) is 31.5 Å². The zero-order valence-corrected chi connectivity index (χ0v) is 14.5. The number of aliphatic carboxylic acids is 2. The van der Waals surface area contributed by atoms with Gasteiger partial charge in [0.15, 0.2) is 10.1 Å². The van der Waals surface area contributed by atoms with Gasteiger partial charge in [0.25, 0.3) is 11.9 Å². The highest BCUT2D eigenvalue weighted by atomic mass is 16.7. The fraction of sp³-hybridized carbons (Fsp3) is 0.667. The minimum absolute atomic E-state index is 0.0973. The number of carboxylic acids is 2. The lowest BCUT2D eigenvalue weighted by atomic mass is 10.2. The molecule has 2 rings (SSSR count). The molecule has 16 nitrogen and oxygen atoms in total. The summed E-state index contributed by atoms with van der Waals surface area (Å²) in [5, 5.41) is 51.9. The number of hydrogen-bond donors (Lipinski definition) is 6. The number of hydrazone groups is 2. The van der Waals surface area contributed by atoms with Crippen molar-refractivity contribution in [2.24, 2.45) is 10.2 Å². The van der Waals surface area contributed by atoms with Crippen molar-refractivity contribution < 1.29 is 29.9 Å². The van der Waals surface area contributed by atoms with Crippen molar-refractivity contribution in [2.45, 2.75) is 37.8 Å². The molecule has 2 fully saturated rings. The van der Waals surface area contributed by atoms with Crippen molar-refractivity contribution in [3.05, 3.63) is 20.2 Å². The summed E-state index contributed by atoms with van der Waals surface area (Å²) >= 11 is 0. The molecule has 2 heterocycles. The maximum absolute atomic E-state index is 10.6. The van der Waals surface area contributed by atoms with Crippen molar-refractivity contribution in [1.82, 2.24) is 21.3 Å². The number of carbonyl (C=O) groups is 2. The predicted molar refractivity (Wildman–Crippen MR) is 92.5 cm³/mol. The Balaban J connectivity index is 0.000000280. The molecule has 0 bridgehead atoms. The second-order valence-corrected chi connectivity index (χ2v) is 5.58. The van der Waals surface area contributed by atoms with Crippen LogP contribution in [0.3, 0.4) is 0 Å². The summed E-state index contributed by atoms with van der Waals surface area (Å²) in [6.07, 6.45) is 2.08. The minimum atomic E-state index is -1.04. The monoisotopic (exact) mass is 404 g/mol. The first-order chi connectivity index (χ1) is 13.2. The van der Waals surface area contributed by atoms with Crippen LogP contribution in [0.15, 0.2) is 10.2 Å². The van der Waals surface area contributed by atoms with Gasteiger partial charge in [0.2, 0.25) is 0 Å². The van der Waals surface area contributed by atoms with Crippen LogP contribution in [-0.4, -0.2) is 69.3 Å². The van der Waals surface area contributed by atoms with Crippen LogP contribution in [0.1, 0.15) is 25.7 Å². The molecule has 0 aromatic heterocycles. The quantitative estimate of drug-likeness (QED) is 0.219. The lowest BCUT2D eigenvalue weighted by Gasteiger charge is -2.09. The van der Waals surface area contributed by atoms with Crippen molar-refractivity contribution in [3.8, 4) is 0 Å². The fourth-order valence-corrected chi connectivity index (χ4v) is 2.26. The van der Waals surface area contributed by atoms with E-state index >= 15 is 0 Å². The fourth-order valence-electron chi connectivity index (χ4n) is 2.26. The Labute approximate surface area is 157 Å². The number of guanidine groups is 2. The molecule has 28 heavy (non-hydrogen) atoms. The average molecular weight is 404 g/mol. The van der Waals surface area contributed by atoms with Crippen LogP contribution >= 0.6 is 0 Å². The van der Waals surface area contributed by atoms with Gasteiger partial charge in [-0.15, -0.1) is 0 Å². The van der Waals surface area contributed by atoms with Crippen LogP contribution in [0.25, 0.3) is 0 Å². The first-order valence-corrected chi connectivity index (χ1v) is 8.11. The SMILES string of the molecule is O=C(O)[C@@H]1CCCN/C(=N/[N+](=O)[O-])N1.O=C(O)[C@@H]1CCCN/C(=N/[N+](=O)[O-])N1. The summed E-state index contributed by atoms with van der Waals surface area (Å²) in [6, 6.07) is -1.63. The first-order valence-electron chi connectivity index (χ1n) is 8.11. The highest BCUT2D eigenvalue weighted by molar-refractivity contribution is 5.86. The Morgan fingerprint density at radius 3 is 1.50 bits per heavy atom. The van der Waals surface area contributed by atoms with Crippen LogP contribution in [0, 0.1) is 20.2 Å². The Bertz CT molecular complexity index is 610. The van der Waals surface area contributed by atoms with E-state index in [1.54, 1.807) is 0 Å². The summed E-state index contributed by atoms with van der Waals surface area (Å²) in [4.78, 5) is 41.3. The third kappa shape index (κ3) is 8.59. The summed E-state index contributed by atoms with van der Waals surface area (Å²) in [5.74, 6) is -2.27. The molecule has 0 radical (unpaired) electrons. The molecular formula is C12H20N8O8. The zero-order chi connectivity index (χ0) is 21.1. The van der Waals surface area contributed by atoms with Gasteiger partial charge in [-0.1, -0.05) is 0 Å². The van der Waals surface area contributed by atoms with Crippen LogP contribution in [0.5, 0.6) is 0 Å². The number of carboxylic acid groups (broad SMARTS) is 2. The number of nitrogens with zero attached hydrogens (tertiary/aromatic N) is 4. The number of rotatable bonds is 4. The van der Waals surface area contributed by atoms with E-state index in [4.69, 9.17) is 10.2 Å². The molecule has 0 aliphatic carbocycles. The molecule has 16 heteroatoms. The summed E-state index contributed by atoms with van der Waals surface area (Å²) in [6.45, 7) is 0.951. The van der Waals surface area contributed by atoms with Gasteiger partial charge in [-0.05, 0) is 25.7 Å². The van der Waals surface area contributed by atoms with Gasteiger partial charge in [0.05, 0.1) is 0 Å².